The first-order valence-corrected chi connectivity index (χ1v) is 14.7. The number of nitrogens with one attached hydrogen (secondary N) is 3. The summed E-state index contributed by atoms with van der Waals surface area (Å²) in [6.45, 7) is 14.0. The Morgan fingerprint density at radius 2 is 1.90 bits per heavy atom. The van der Waals surface area contributed by atoms with E-state index in [9.17, 15) is 18.0 Å². The summed E-state index contributed by atoms with van der Waals surface area (Å²) in [6.07, 6.45) is 16.6. The van der Waals surface area contributed by atoms with E-state index in [-0.39, 0.29) is 33.7 Å². The van der Waals surface area contributed by atoms with E-state index in [0.717, 1.165) is 6.08 Å². The van der Waals surface area contributed by atoms with Crippen molar-refractivity contribution < 1.29 is 23.2 Å². The third kappa shape index (κ3) is 11.7. The number of allylic oxidation sites excluding steroid dienone is 11. The second-order valence-corrected chi connectivity index (χ2v) is 11.2. The molecule has 0 unspecified atom stereocenters. The van der Waals surface area contributed by atoms with Crippen LogP contribution in [-0.2, 0) is 19.6 Å². The molecule has 0 radical (unpaired) electrons. The molecule has 0 aromatic carbocycles. The Kier molecular flexibility index (Phi) is 15.0. The molecule has 0 fully saturated rings. The van der Waals surface area contributed by atoms with E-state index in [1.807, 2.05) is 26.0 Å². The minimum atomic E-state index is -4.06. The highest BCUT2D eigenvalue weighted by atomic mass is 35.5. The number of carbonyl (C=O) groups excluding carboxylic acids is 2. The van der Waals surface area contributed by atoms with Crippen LogP contribution in [0.1, 0.15) is 47.0 Å². The van der Waals surface area contributed by atoms with Crippen LogP contribution in [0.3, 0.4) is 0 Å². The van der Waals surface area contributed by atoms with Crippen LogP contribution in [0.2, 0.25) is 0 Å². The van der Waals surface area contributed by atoms with E-state index in [1.165, 1.54) is 36.7 Å². The zero-order valence-electron chi connectivity index (χ0n) is 24.2. The van der Waals surface area contributed by atoms with Crippen molar-refractivity contribution in [2.75, 3.05) is 0 Å². The number of halogens is 1. The van der Waals surface area contributed by atoms with E-state index >= 15 is 0 Å². The highest BCUT2D eigenvalue weighted by Crippen LogP contribution is 2.21. The van der Waals surface area contributed by atoms with Gasteiger partial charge in [-0.3, -0.25) is 19.5 Å². The maximum absolute atomic E-state index is 13.2. The first kappa shape index (κ1) is 35.8. The molecular formula is C30H38ClN5O5S. The molecule has 226 valence electrons. The van der Waals surface area contributed by atoms with Gasteiger partial charge in [0.05, 0.1) is 4.91 Å². The van der Waals surface area contributed by atoms with Crippen molar-refractivity contribution in [1.82, 2.24) is 15.5 Å². The van der Waals surface area contributed by atoms with Crippen LogP contribution in [0.15, 0.2) is 123 Å². The monoisotopic (exact) mass is 615 g/mol. The minimum Gasteiger partial charge on any atom is -0.398 e. The lowest BCUT2D eigenvalue weighted by Crippen LogP contribution is -2.25. The summed E-state index contributed by atoms with van der Waals surface area (Å²) >= 11 is 6.15. The summed E-state index contributed by atoms with van der Waals surface area (Å²) in [7, 11) is -4.06. The van der Waals surface area contributed by atoms with Gasteiger partial charge in [0.1, 0.15) is 5.82 Å². The van der Waals surface area contributed by atoms with E-state index in [2.05, 4.69) is 28.2 Å². The number of rotatable bonds is 14. The molecule has 1 aliphatic rings. The van der Waals surface area contributed by atoms with Crippen molar-refractivity contribution in [1.29, 1.82) is 0 Å². The van der Waals surface area contributed by atoms with Crippen molar-refractivity contribution in [3.8, 4) is 0 Å². The van der Waals surface area contributed by atoms with E-state index < -0.39 is 15.9 Å². The molecule has 1 aliphatic heterocycles. The number of aliphatic imine (C=N–C) groups is 1. The summed E-state index contributed by atoms with van der Waals surface area (Å²) in [5.74, 6) is -1.21. The third-order valence-corrected chi connectivity index (χ3v) is 7.22. The molecule has 0 aromatic rings. The molecule has 0 saturated heterocycles. The van der Waals surface area contributed by atoms with Crippen LogP contribution in [0.5, 0.6) is 0 Å². The van der Waals surface area contributed by atoms with Crippen LogP contribution in [0, 0.1) is 0 Å². The Bertz CT molecular complexity index is 1470. The van der Waals surface area contributed by atoms with Gasteiger partial charge >= 0.3 is 0 Å². The molecule has 12 heteroatoms. The molecule has 10 nitrogen and oxygen atoms in total. The third-order valence-electron chi connectivity index (χ3n) is 5.56. The van der Waals surface area contributed by atoms with Gasteiger partial charge in [-0.25, -0.2) is 18.9 Å². The average Bonchev–Trinajstić information content (AvgIpc) is 3.11. The zero-order chi connectivity index (χ0) is 31.9. The lowest BCUT2D eigenvalue weighted by molar-refractivity contribution is -0.125. The number of amides is 2. The largest absolute Gasteiger partial charge is 0.398 e. The van der Waals surface area contributed by atoms with E-state index in [4.69, 9.17) is 22.5 Å². The SMILES string of the molecule is C=C/C(=C\C=C(/C)S(=O)(=O)NC1=CC=C(C(=O)N/C(=C/CC)C/C=C(C(=C)Cl)/C(N)=C/C=C\C)CC(C)=N1)C(=O)NO. The summed E-state index contributed by atoms with van der Waals surface area (Å²) < 4.78 is 28.0. The summed E-state index contributed by atoms with van der Waals surface area (Å²) in [6, 6.07) is 0. The highest BCUT2D eigenvalue weighted by molar-refractivity contribution is 7.93. The number of carbonyl (C=O) groups is 2. The Hall–Kier alpha value is -4.19. The Morgan fingerprint density at radius 3 is 2.48 bits per heavy atom. The summed E-state index contributed by atoms with van der Waals surface area (Å²) in [5.41, 5.74) is 10.0. The standard InChI is InChI=1S/C30H38ClN5O5S/c1-7-10-12-27(32)26(22(6)31)17-16-25(11-8-2)34-29(37)24-15-18-28(33-20(4)19-24)36-42(40,41)21(5)13-14-23(9-3)30(38)35-39/h7,9-15,17-18,36,39H,3,6,8,16,19,32H2,1-2,4-5H3,(H,34,37)(H,35,38)/b10-7-,21-13+,23-14+,25-11+,26-17+,27-12-. The second kappa shape index (κ2) is 17.6. The Morgan fingerprint density at radius 1 is 1.21 bits per heavy atom. The molecular weight excluding hydrogens is 578 g/mol. The van der Waals surface area contributed by atoms with E-state index in [1.54, 1.807) is 25.2 Å². The van der Waals surface area contributed by atoms with Gasteiger partial charge < -0.3 is 11.1 Å². The maximum atomic E-state index is 13.2. The molecule has 0 saturated carbocycles. The molecule has 2 amide bonds. The van der Waals surface area contributed by atoms with Gasteiger partial charge in [-0.2, -0.15) is 0 Å². The molecule has 0 aliphatic carbocycles. The fraction of sp³-hybridized carbons (Fsp3) is 0.233. The van der Waals surface area contributed by atoms with Crippen LogP contribution in [0.4, 0.5) is 0 Å². The quantitative estimate of drug-likeness (QED) is 0.0803. The van der Waals surface area contributed by atoms with Gasteiger partial charge in [0.25, 0.3) is 21.8 Å². The van der Waals surface area contributed by atoms with Crippen molar-refractivity contribution in [3.63, 3.8) is 0 Å². The van der Waals surface area contributed by atoms with Gasteiger partial charge in [-0.05, 0) is 57.6 Å². The number of sulfonamides is 1. The van der Waals surface area contributed by atoms with Crippen molar-refractivity contribution in [3.05, 3.63) is 118 Å². The van der Waals surface area contributed by atoms with Gasteiger partial charge in [-0.1, -0.05) is 62.1 Å². The Balaban J connectivity index is 3.19. The number of nitrogens with two attached hydrogens (primary N) is 1. The highest BCUT2D eigenvalue weighted by Gasteiger charge is 2.18. The molecule has 0 spiro atoms. The topological polar surface area (TPSA) is 163 Å². The molecule has 1 heterocycles. The molecule has 42 heavy (non-hydrogen) atoms. The van der Waals surface area contributed by atoms with Gasteiger partial charge in [-0.15, -0.1) is 0 Å². The fourth-order valence-electron chi connectivity index (χ4n) is 3.37. The number of hydroxylamine groups is 1. The predicted molar refractivity (Wildman–Crippen MR) is 169 cm³/mol. The number of hydrogen-bond donors (Lipinski definition) is 5. The van der Waals surface area contributed by atoms with Crippen molar-refractivity contribution >= 4 is 39.2 Å². The molecule has 0 aromatic heterocycles. The average molecular weight is 616 g/mol. The second-order valence-electron chi connectivity index (χ2n) is 8.88. The van der Waals surface area contributed by atoms with Crippen LogP contribution >= 0.6 is 11.6 Å². The van der Waals surface area contributed by atoms with Crippen LogP contribution in [-0.4, -0.2) is 31.2 Å². The maximum Gasteiger partial charge on any atom is 0.274 e. The minimum absolute atomic E-state index is 0.00462. The van der Waals surface area contributed by atoms with Crippen LogP contribution < -0.4 is 21.3 Å². The van der Waals surface area contributed by atoms with Gasteiger partial charge in [0.15, 0.2) is 0 Å². The van der Waals surface area contributed by atoms with Crippen LogP contribution in [0.25, 0.3) is 0 Å². The van der Waals surface area contributed by atoms with Crippen molar-refractivity contribution in [2.45, 2.75) is 47.0 Å². The first-order chi connectivity index (χ1) is 19.8. The molecule has 1 rings (SSSR count). The fourth-order valence-corrected chi connectivity index (χ4v) is 4.35. The van der Waals surface area contributed by atoms with Gasteiger partial charge in [0.2, 0.25) is 0 Å². The normalized spacial score (nSPS) is 15.8. The lowest BCUT2D eigenvalue weighted by Gasteiger charge is -2.12. The summed E-state index contributed by atoms with van der Waals surface area (Å²) in [5, 5.41) is 11.9. The molecule has 0 atom stereocenters. The lowest BCUT2D eigenvalue weighted by atomic mass is 10.1. The van der Waals surface area contributed by atoms with Crippen molar-refractivity contribution in [2.24, 2.45) is 10.7 Å². The summed E-state index contributed by atoms with van der Waals surface area (Å²) in [4.78, 5) is 28.9. The van der Waals surface area contributed by atoms with Gasteiger partial charge in [0, 0.05) is 51.7 Å². The first-order valence-electron chi connectivity index (χ1n) is 12.9. The molecule has 0 bridgehead atoms. The molecule has 6 N–H and O–H groups in total. The Labute approximate surface area is 252 Å². The number of nitrogens with zero attached hydrogens (tertiary/aromatic N) is 1. The zero-order valence-corrected chi connectivity index (χ0v) is 25.8. The number of hydrogen-bond acceptors (Lipinski definition) is 7. The van der Waals surface area contributed by atoms with E-state index in [0.29, 0.717) is 41.1 Å². The smallest absolute Gasteiger partial charge is 0.274 e. The predicted octanol–water partition coefficient (Wildman–Crippen LogP) is 4.96.